The summed E-state index contributed by atoms with van der Waals surface area (Å²) in [5.74, 6) is -2.14. The van der Waals surface area contributed by atoms with Gasteiger partial charge in [0.2, 0.25) is 5.82 Å². The molecular formula is C31H30FN7O4. The average Bonchev–Trinajstić information content (AvgIpc) is 3.68. The molecule has 220 valence electrons. The van der Waals surface area contributed by atoms with E-state index in [2.05, 4.69) is 31.0 Å². The van der Waals surface area contributed by atoms with Crippen LogP contribution in [0, 0.1) is 5.82 Å². The molecule has 4 N–H and O–H groups in total. The van der Waals surface area contributed by atoms with E-state index in [-0.39, 0.29) is 18.7 Å². The first-order chi connectivity index (χ1) is 20.8. The number of aryl methyl sites for hydroxylation is 1. The fourth-order valence-corrected chi connectivity index (χ4v) is 4.92. The molecule has 5 aromatic rings. The second kappa shape index (κ2) is 13.2. The molecule has 0 unspecified atom stereocenters. The Balaban J connectivity index is 1.37. The van der Waals surface area contributed by atoms with Gasteiger partial charge < -0.3 is 15.5 Å². The van der Waals surface area contributed by atoms with Crippen molar-refractivity contribution >= 4 is 11.9 Å². The van der Waals surface area contributed by atoms with Crippen molar-refractivity contribution in [2.75, 3.05) is 0 Å². The van der Waals surface area contributed by atoms with Crippen LogP contribution in [-0.2, 0) is 24.2 Å². The standard InChI is InChI=1S/C31H30FN7O4/c1-2-8-21-17-27(30(41)33-26(28(40)31(42)43)16-19-9-4-3-5-10-19)36-39(21)18-20-13-14-23(25(32)15-20)22-11-6-7-12-24(22)29-34-37-38-35-29/h3-7,9-15,17,26,28,40H,2,8,16,18H2,1H3,(H,33,41)(H,42,43)(H,34,35,37,38)/t26-,28-/m1/s1. The molecule has 0 radical (unpaired) electrons. The van der Waals surface area contributed by atoms with E-state index < -0.39 is 29.8 Å². The minimum absolute atomic E-state index is 0.0743. The number of carboxylic acid groups (broad SMARTS) is 1. The fraction of sp³-hybridized carbons (Fsp3) is 0.226. The largest absolute Gasteiger partial charge is 0.479 e. The number of hydrogen-bond acceptors (Lipinski definition) is 7. The van der Waals surface area contributed by atoms with Crippen molar-refractivity contribution in [3.63, 3.8) is 0 Å². The van der Waals surface area contributed by atoms with Crippen LogP contribution in [0.3, 0.4) is 0 Å². The SMILES string of the molecule is CCCc1cc(C(=O)N[C@H](Cc2ccccc2)[C@@H](O)C(=O)O)nn1Cc1ccc(-c2ccccc2-c2nn[nH]n2)c(F)c1. The van der Waals surface area contributed by atoms with Gasteiger partial charge >= 0.3 is 5.97 Å². The third kappa shape index (κ3) is 6.81. The van der Waals surface area contributed by atoms with Crippen molar-refractivity contribution < 1.29 is 24.2 Å². The number of carbonyl (C=O) groups excluding carboxylic acids is 1. The number of aliphatic hydroxyl groups is 1. The summed E-state index contributed by atoms with van der Waals surface area (Å²) in [6.07, 6.45) is -0.303. The normalized spacial score (nSPS) is 12.5. The van der Waals surface area contributed by atoms with Gasteiger partial charge in [0.1, 0.15) is 11.5 Å². The lowest BCUT2D eigenvalue weighted by Gasteiger charge is -2.21. The maximum Gasteiger partial charge on any atom is 0.334 e. The molecule has 0 saturated heterocycles. The Morgan fingerprint density at radius 1 is 0.977 bits per heavy atom. The Morgan fingerprint density at radius 2 is 1.72 bits per heavy atom. The number of H-pyrrole nitrogens is 1. The number of tetrazole rings is 1. The van der Waals surface area contributed by atoms with Crippen LogP contribution in [0.15, 0.2) is 78.9 Å². The van der Waals surface area contributed by atoms with Crippen LogP contribution in [-0.4, -0.2) is 64.6 Å². The molecule has 0 aliphatic rings. The van der Waals surface area contributed by atoms with E-state index in [1.807, 2.05) is 19.1 Å². The summed E-state index contributed by atoms with van der Waals surface area (Å²) in [7, 11) is 0. The number of nitrogens with zero attached hydrogens (tertiary/aromatic N) is 5. The molecule has 0 aliphatic carbocycles. The molecule has 12 heteroatoms. The van der Waals surface area contributed by atoms with E-state index in [9.17, 15) is 19.8 Å². The van der Waals surface area contributed by atoms with Gasteiger partial charge in [0.15, 0.2) is 6.10 Å². The number of benzene rings is 3. The molecule has 3 aromatic carbocycles. The smallest absolute Gasteiger partial charge is 0.334 e. The van der Waals surface area contributed by atoms with Gasteiger partial charge in [-0.3, -0.25) is 9.48 Å². The summed E-state index contributed by atoms with van der Waals surface area (Å²) in [6, 6.07) is 21.6. The molecule has 0 fully saturated rings. The van der Waals surface area contributed by atoms with E-state index in [4.69, 9.17) is 0 Å². The lowest BCUT2D eigenvalue weighted by atomic mass is 9.97. The Labute approximate surface area is 246 Å². The topological polar surface area (TPSA) is 159 Å². The number of hydrogen-bond donors (Lipinski definition) is 4. The number of nitrogens with one attached hydrogen (secondary N) is 2. The molecule has 5 rings (SSSR count). The highest BCUT2D eigenvalue weighted by atomic mass is 19.1. The van der Waals surface area contributed by atoms with Crippen LogP contribution >= 0.6 is 0 Å². The molecule has 1 amide bonds. The van der Waals surface area contributed by atoms with Gasteiger partial charge in [-0.15, -0.1) is 10.2 Å². The number of halogens is 1. The molecule has 0 saturated carbocycles. The zero-order valence-corrected chi connectivity index (χ0v) is 23.3. The Bertz CT molecular complexity index is 1710. The van der Waals surface area contributed by atoms with Crippen LogP contribution in [0.4, 0.5) is 4.39 Å². The highest BCUT2D eigenvalue weighted by molar-refractivity contribution is 5.93. The second-order valence-electron chi connectivity index (χ2n) is 10.1. The highest BCUT2D eigenvalue weighted by Crippen LogP contribution is 2.32. The monoisotopic (exact) mass is 583 g/mol. The van der Waals surface area contributed by atoms with Gasteiger partial charge in [0, 0.05) is 16.8 Å². The maximum absolute atomic E-state index is 15.5. The Morgan fingerprint density at radius 3 is 2.40 bits per heavy atom. The van der Waals surface area contributed by atoms with Gasteiger partial charge in [-0.2, -0.15) is 10.3 Å². The van der Waals surface area contributed by atoms with E-state index >= 15 is 4.39 Å². The van der Waals surface area contributed by atoms with Crippen molar-refractivity contribution in [3.8, 4) is 22.5 Å². The van der Waals surface area contributed by atoms with Gasteiger partial charge in [-0.1, -0.05) is 80.1 Å². The van der Waals surface area contributed by atoms with Crippen LogP contribution in [0.5, 0.6) is 0 Å². The molecule has 0 spiro atoms. The summed E-state index contributed by atoms with van der Waals surface area (Å²) in [5.41, 5.74) is 3.86. The lowest BCUT2D eigenvalue weighted by Crippen LogP contribution is -2.48. The van der Waals surface area contributed by atoms with Crippen molar-refractivity contribution in [1.29, 1.82) is 0 Å². The van der Waals surface area contributed by atoms with E-state index in [1.165, 1.54) is 6.07 Å². The number of aliphatic hydroxyl groups excluding tert-OH is 1. The molecule has 43 heavy (non-hydrogen) atoms. The van der Waals surface area contributed by atoms with Crippen molar-refractivity contribution in [1.82, 2.24) is 35.7 Å². The van der Waals surface area contributed by atoms with E-state index in [0.29, 0.717) is 34.5 Å². The number of rotatable bonds is 12. The molecule has 0 aliphatic heterocycles. The number of carboxylic acids is 1. The Kier molecular flexibility index (Phi) is 8.96. The third-order valence-corrected chi connectivity index (χ3v) is 7.02. The van der Waals surface area contributed by atoms with Gasteiger partial charge in [0.05, 0.1) is 12.6 Å². The number of aliphatic carboxylic acids is 1. The molecule has 2 atom stereocenters. The molecule has 0 bridgehead atoms. The van der Waals surface area contributed by atoms with Crippen molar-refractivity contribution in [2.45, 2.75) is 44.9 Å². The summed E-state index contributed by atoms with van der Waals surface area (Å²) < 4.78 is 17.1. The summed E-state index contributed by atoms with van der Waals surface area (Å²) in [4.78, 5) is 24.8. The first-order valence-corrected chi connectivity index (χ1v) is 13.8. The summed E-state index contributed by atoms with van der Waals surface area (Å²) in [6.45, 7) is 2.20. The Hall–Kier alpha value is -5.23. The van der Waals surface area contributed by atoms with Crippen LogP contribution in [0.1, 0.15) is 40.7 Å². The lowest BCUT2D eigenvalue weighted by molar-refractivity contribution is -0.148. The van der Waals surface area contributed by atoms with E-state index in [0.717, 1.165) is 17.7 Å². The van der Waals surface area contributed by atoms with Crippen LogP contribution in [0.25, 0.3) is 22.5 Å². The van der Waals surface area contributed by atoms with Gasteiger partial charge in [-0.05, 0) is 46.9 Å². The summed E-state index contributed by atoms with van der Waals surface area (Å²) in [5, 5.41) is 40.9. The fourth-order valence-electron chi connectivity index (χ4n) is 4.92. The third-order valence-electron chi connectivity index (χ3n) is 7.02. The molecule has 2 aromatic heterocycles. The quantitative estimate of drug-likeness (QED) is 0.173. The zero-order valence-electron chi connectivity index (χ0n) is 23.3. The minimum Gasteiger partial charge on any atom is -0.479 e. The molecular weight excluding hydrogens is 553 g/mol. The summed E-state index contributed by atoms with van der Waals surface area (Å²) >= 11 is 0. The number of aromatic nitrogens is 6. The molecule has 2 heterocycles. The van der Waals surface area contributed by atoms with Gasteiger partial charge in [-0.25, -0.2) is 9.18 Å². The van der Waals surface area contributed by atoms with Crippen LogP contribution < -0.4 is 5.32 Å². The number of carbonyl (C=O) groups is 2. The van der Waals surface area contributed by atoms with Crippen molar-refractivity contribution in [3.05, 3.63) is 107 Å². The highest BCUT2D eigenvalue weighted by Gasteiger charge is 2.29. The van der Waals surface area contributed by atoms with E-state index in [1.54, 1.807) is 65.3 Å². The number of amides is 1. The van der Waals surface area contributed by atoms with Gasteiger partial charge in [0.25, 0.3) is 5.91 Å². The first-order valence-electron chi connectivity index (χ1n) is 13.8. The number of aromatic amines is 1. The van der Waals surface area contributed by atoms with Crippen LogP contribution in [0.2, 0.25) is 0 Å². The predicted octanol–water partition coefficient (Wildman–Crippen LogP) is 3.66. The minimum atomic E-state index is -1.81. The first kappa shape index (κ1) is 29.3. The predicted molar refractivity (Wildman–Crippen MR) is 155 cm³/mol. The average molecular weight is 584 g/mol. The zero-order chi connectivity index (χ0) is 30.3. The second-order valence-corrected chi connectivity index (χ2v) is 10.1. The molecule has 11 nitrogen and oxygen atoms in total. The van der Waals surface area contributed by atoms with Crippen molar-refractivity contribution in [2.24, 2.45) is 0 Å². The maximum atomic E-state index is 15.5.